The molecule has 0 bridgehead atoms. The van der Waals surface area contributed by atoms with Gasteiger partial charge in [-0.25, -0.2) is 0 Å². The Hall–Kier alpha value is -0.707. The molecular formula is C24H45BiO6. The van der Waals surface area contributed by atoms with Crippen molar-refractivity contribution in [2.24, 2.45) is 17.8 Å². The molecule has 0 fully saturated rings. The summed E-state index contributed by atoms with van der Waals surface area (Å²) in [7, 11) is 0. The van der Waals surface area contributed by atoms with Gasteiger partial charge in [-0.05, 0) is 56.3 Å². The zero-order valence-corrected chi connectivity index (χ0v) is 24.1. The van der Waals surface area contributed by atoms with Crippen LogP contribution >= 0.6 is 0 Å². The van der Waals surface area contributed by atoms with Gasteiger partial charge < -0.3 is 29.7 Å². The van der Waals surface area contributed by atoms with Crippen molar-refractivity contribution in [3.8, 4) is 0 Å². The fourth-order valence-electron chi connectivity index (χ4n) is 2.47. The second-order valence-electron chi connectivity index (χ2n) is 9.03. The van der Waals surface area contributed by atoms with Gasteiger partial charge in [0.1, 0.15) is 0 Å². The molecule has 2 radical (unpaired) electrons. The van der Waals surface area contributed by atoms with Crippen molar-refractivity contribution in [1.29, 1.82) is 0 Å². The minimum Gasteiger partial charge on any atom is -0.550 e. The number of hydrogen-bond acceptors (Lipinski definition) is 6. The van der Waals surface area contributed by atoms with E-state index in [9.17, 15) is 29.7 Å². The molecule has 0 aliphatic heterocycles. The predicted molar refractivity (Wildman–Crippen MR) is 121 cm³/mol. The summed E-state index contributed by atoms with van der Waals surface area (Å²) in [6.45, 7) is 12.8. The normalized spacial score (nSPS) is 9.97. The van der Waals surface area contributed by atoms with Crippen LogP contribution in [0.1, 0.15) is 119 Å². The molecule has 0 aliphatic rings. The zero-order chi connectivity index (χ0) is 23.9. The number of rotatable bonds is 15. The first kappa shape index (κ1) is 37.6. The summed E-state index contributed by atoms with van der Waals surface area (Å²) in [5, 5.41) is 29.8. The standard InChI is InChI=1S/3C8H16O2.Bi/c3*1-7(2)5-3-4-6-8(9)10;/h3*7H,3-6H2,1-2H3,(H,9,10);/q;;;+3/p-3. The van der Waals surface area contributed by atoms with Gasteiger partial charge >= 0.3 is 26.2 Å². The maximum Gasteiger partial charge on any atom is 3.00 e. The van der Waals surface area contributed by atoms with Crippen LogP contribution in [-0.4, -0.2) is 44.1 Å². The molecule has 0 heterocycles. The van der Waals surface area contributed by atoms with E-state index in [0.717, 1.165) is 57.8 Å². The van der Waals surface area contributed by atoms with E-state index < -0.39 is 17.9 Å². The molecule has 182 valence electrons. The van der Waals surface area contributed by atoms with Crippen LogP contribution in [0.5, 0.6) is 0 Å². The molecule has 0 aromatic heterocycles. The molecule has 0 amide bonds. The Bertz CT molecular complexity index is 360. The third-order valence-electron chi connectivity index (χ3n) is 4.24. The molecule has 0 saturated heterocycles. The summed E-state index contributed by atoms with van der Waals surface area (Å²) in [5.74, 6) is -0.735. The van der Waals surface area contributed by atoms with Crippen LogP contribution in [0.3, 0.4) is 0 Å². The number of aliphatic carboxylic acids is 3. The van der Waals surface area contributed by atoms with Crippen molar-refractivity contribution in [3.63, 3.8) is 0 Å². The largest absolute Gasteiger partial charge is 3.00 e. The molecule has 31 heavy (non-hydrogen) atoms. The van der Waals surface area contributed by atoms with E-state index in [4.69, 9.17) is 0 Å². The Balaban J connectivity index is -0.000000174. The van der Waals surface area contributed by atoms with Crippen LogP contribution in [0.25, 0.3) is 0 Å². The first-order valence-corrected chi connectivity index (χ1v) is 11.5. The van der Waals surface area contributed by atoms with Crippen LogP contribution in [0.15, 0.2) is 0 Å². The number of carbonyl (C=O) groups is 3. The van der Waals surface area contributed by atoms with Crippen LogP contribution in [0.4, 0.5) is 0 Å². The topological polar surface area (TPSA) is 120 Å². The fourth-order valence-corrected chi connectivity index (χ4v) is 2.47. The average Bonchev–Trinajstić information content (AvgIpc) is 2.60. The molecule has 0 aliphatic carbocycles. The summed E-state index contributed by atoms with van der Waals surface area (Å²) in [6.07, 6.45) is 9.31. The first-order chi connectivity index (χ1) is 13.9. The maximum atomic E-state index is 9.93. The average molecular weight is 639 g/mol. The second kappa shape index (κ2) is 27.3. The third-order valence-corrected chi connectivity index (χ3v) is 4.24. The predicted octanol–water partition coefficient (Wildman–Crippen LogP) is 2.48. The van der Waals surface area contributed by atoms with E-state index in [1.807, 2.05) is 0 Å². The quantitative estimate of drug-likeness (QED) is 0.201. The Morgan fingerprint density at radius 2 is 0.677 bits per heavy atom. The Morgan fingerprint density at radius 3 is 0.806 bits per heavy atom. The molecule has 7 heteroatoms. The molecule has 0 atom stereocenters. The van der Waals surface area contributed by atoms with E-state index >= 15 is 0 Å². The summed E-state index contributed by atoms with van der Waals surface area (Å²) < 4.78 is 0. The Labute approximate surface area is 209 Å². The van der Waals surface area contributed by atoms with E-state index in [1.165, 1.54) is 0 Å². The van der Waals surface area contributed by atoms with Crippen molar-refractivity contribution in [3.05, 3.63) is 0 Å². The number of carboxylic acids is 3. The Kier molecular flexibility index (Phi) is 33.1. The number of unbranched alkanes of at least 4 members (excludes halogenated alkanes) is 3. The molecule has 6 nitrogen and oxygen atoms in total. The zero-order valence-electron chi connectivity index (χ0n) is 20.6. The Morgan fingerprint density at radius 1 is 0.484 bits per heavy atom. The van der Waals surface area contributed by atoms with Gasteiger partial charge in [0, 0.05) is 17.9 Å². The summed E-state index contributed by atoms with van der Waals surface area (Å²) in [6, 6.07) is 0. The van der Waals surface area contributed by atoms with Gasteiger partial charge in [-0.2, -0.15) is 0 Å². The van der Waals surface area contributed by atoms with E-state index in [0.29, 0.717) is 17.8 Å². The van der Waals surface area contributed by atoms with E-state index in [-0.39, 0.29) is 45.5 Å². The van der Waals surface area contributed by atoms with Gasteiger partial charge in [-0.15, -0.1) is 0 Å². The van der Waals surface area contributed by atoms with E-state index in [2.05, 4.69) is 41.5 Å². The molecule has 0 spiro atoms. The van der Waals surface area contributed by atoms with Gasteiger partial charge in [0.15, 0.2) is 0 Å². The summed E-state index contributed by atoms with van der Waals surface area (Å²) in [4.78, 5) is 29.8. The van der Waals surface area contributed by atoms with Gasteiger partial charge in [0.2, 0.25) is 0 Å². The number of hydrogen-bond donors (Lipinski definition) is 0. The van der Waals surface area contributed by atoms with Crippen molar-refractivity contribution >= 4 is 44.1 Å². The maximum absolute atomic E-state index is 9.93. The van der Waals surface area contributed by atoms with Crippen LogP contribution < -0.4 is 15.3 Å². The molecular weight excluding hydrogens is 593 g/mol. The minimum atomic E-state index is -0.927. The van der Waals surface area contributed by atoms with Crippen molar-refractivity contribution in [1.82, 2.24) is 0 Å². The molecule has 0 saturated carbocycles. The van der Waals surface area contributed by atoms with Gasteiger partial charge in [0.25, 0.3) is 0 Å². The first-order valence-electron chi connectivity index (χ1n) is 11.5. The van der Waals surface area contributed by atoms with Gasteiger partial charge in [0.05, 0.1) is 0 Å². The van der Waals surface area contributed by atoms with E-state index in [1.54, 1.807) is 0 Å². The molecule has 0 aromatic rings. The van der Waals surface area contributed by atoms with Crippen molar-refractivity contribution in [2.75, 3.05) is 0 Å². The van der Waals surface area contributed by atoms with Crippen LogP contribution in [0, 0.1) is 17.8 Å². The molecule has 0 N–H and O–H groups in total. The van der Waals surface area contributed by atoms with Gasteiger partial charge in [-0.3, -0.25) is 0 Å². The van der Waals surface area contributed by atoms with Crippen molar-refractivity contribution in [2.45, 2.75) is 119 Å². The fraction of sp³-hybridized carbons (Fsp3) is 0.875. The van der Waals surface area contributed by atoms with Crippen LogP contribution in [-0.2, 0) is 14.4 Å². The molecule has 0 rings (SSSR count). The smallest absolute Gasteiger partial charge is 0.550 e. The SMILES string of the molecule is CC(C)CCCCC(=O)[O-].CC(C)CCCCC(=O)[O-].CC(C)CCCCC(=O)[O-].[Bi+3]. The van der Waals surface area contributed by atoms with Gasteiger partial charge in [-0.1, -0.05) is 80.1 Å². The summed E-state index contributed by atoms with van der Waals surface area (Å²) in [5.41, 5.74) is 0. The number of carbonyl (C=O) groups excluding carboxylic acids is 3. The second-order valence-corrected chi connectivity index (χ2v) is 9.03. The van der Waals surface area contributed by atoms with Crippen LogP contribution in [0.2, 0.25) is 0 Å². The molecule has 0 unspecified atom stereocenters. The third kappa shape index (κ3) is 53.0. The number of carboxylic acid groups (broad SMARTS) is 3. The molecule has 0 aromatic carbocycles. The monoisotopic (exact) mass is 638 g/mol. The summed E-state index contributed by atoms with van der Waals surface area (Å²) >= 11 is 0. The minimum absolute atomic E-state index is 0. The van der Waals surface area contributed by atoms with Crippen molar-refractivity contribution < 1.29 is 29.7 Å².